The minimum absolute atomic E-state index is 0.0635. The summed E-state index contributed by atoms with van der Waals surface area (Å²) in [7, 11) is 0. The van der Waals surface area contributed by atoms with Gasteiger partial charge in [-0.2, -0.15) is 0 Å². The van der Waals surface area contributed by atoms with Crippen molar-refractivity contribution < 1.29 is 14.6 Å². The number of fused-ring (bicyclic) bond motifs is 2. The van der Waals surface area contributed by atoms with E-state index in [1.807, 2.05) is 0 Å². The maximum absolute atomic E-state index is 11.2. The number of aliphatic hydroxyl groups excluding tert-OH is 1. The first kappa shape index (κ1) is 7.25. The molecule has 0 spiro atoms. The van der Waals surface area contributed by atoms with E-state index in [9.17, 15) is 9.90 Å². The summed E-state index contributed by atoms with van der Waals surface area (Å²) in [6.45, 7) is 0. The van der Waals surface area contributed by atoms with Crippen molar-refractivity contribution in [3.63, 3.8) is 0 Å². The number of ether oxygens (including phenoxy) is 1. The molecule has 2 fully saturated rings. The monoisotopic (exact) mass is 156 g/mol. The highest BCUT2D eigenvalue weighted by Crippen LogP contribution is 2.29. The zero-order valence-electron chi connectivity index (χ0n) is 6.32. The van der Waals surface area contributed by atoms with Gasteiger partial charge in [0.25, 0.3) is 0 Å². The Morgan fingerprint density at radius 3 is 3.00 bits per heavy atom. The highest BCUT2D eigenvalue weighted by molar-refractivity contribution is 5.83. The zero-order chi connectivity index (χ0) is 7.84. The van der Waals surface area contributed by atoms with E-state index in [-0.39, 0.29) is 18.0 Å². The average molecular weight is 156 g/mol. The van der Waals surface area contributed by atoms with Crippen LogP contribution in [0.1, 0.15) is 25.7 Å². The van der Waals surface area contributed by atoms with Crippen LogP contribution in [0.3, 0.4) is 0 Å². The number of ketones is 1. The Labute approximate surface area is 65.4 Å². The fourth-order valence-corrected chi connectivity index (χ4v) is 1.82. The van der Waals surface area contributed by atoms with E-state index < -0.39 is 6.10 Å². The Kier molecular flexibility index (Phi) is 1.69. The molecule has 2 aliphatic rings. The molecule has 0 aromatic carbocycles. The minimum atomic E-state index is -0.411. The van der Waals surface area contributed by atoms with Crippen molar-refractivity contribution in [2.75, 3.05) is 0 Å². The molecule has 1 N–H and O–H groups in total. The van der Waals surface area contributed by atoms with Crippen molar-refractivity contribution in [1.82, 2.24) is 0 Å². The molecule has 2 bridgehead atoms. The number of hydrogen-bond donors (Lipinski definition) is 1. The Bertz CT molecular complexity index is 178. The number of carbonyl (C=O) groups excluding carboxylic acids is 1. The molecule has 2 saturated heterocycles. The molecule has 2 heterocycles. The number of carbonyl (C=O) groups is 1. The van der Waals surface area contributed by atoms with Gasteiger partial charge >= 0.3 is 0 Å². The number of Topliss-reactive ketones (excluding diaryl/α,β-unsaturated/α-hetero) is 1. The van der Waals surface area contributed by atoms with Crippen LogP contribution in [-0.4, -0.2) is 29.2 Å². The van der Waals surface area contributed by atoms with E-state index in [1.165, 1.54) is 0 Å². The molecular weight excluding hydrogens is 144 g/mol. The van der Waals surface area contributed by atoms with Crippen LogP contribution in [-0.2, 0) is 9.53 Å². The molecule has 0 aliphatic carbocycles. The third-order valence-electron chi connectivity index (χ3n) is 2.53. The fourth-order valence-electron chi connectivity index (χ4n) is 1.82. The van der Waals surface area contributed by atoms with Gasteiger partial charge in [0.05, 0.1) is 12.2 Å². The molecule has 0 radical (unpaired) electrons. The molecular formula is C8H12O3. The summed E-state index contributed by atoms with van der Waals surface area (Å²) >= 11 is 0. The van der Waals surface area contributed by atoms with Crippen molar-refractivity contribution in [1.29, 1.82) is 0 Å². The second-order valence-electron chi connectivity index (χ2n) is 3.31. The lowest BCUT2D eigenvalue weighted by Crippen LogP contribution is -2.23. The summed E-state index contributed by atoms with van der Waals surface area (Å²) in [5.41, 5.74) is 0. The summed E-state index contributed by atoms with van der Waals surface area (Å²) in [5, 5.41) is 9.42. The normalized spacial score (nSPS) is 44.1. The molecule has 3 nitrogen and oxygen atoms in total. The van der Waals surface area contributed by atoms with E-state index in [0.29, 0.717) is 12.8 Å². The number of rotatable bonds is 0. The lowest BCUT2D eigenvalue weighted by molar-refractivity contribution is -0.128. The van der Waals surface area contributed by atoms with Crippen molar-refractivity contribution in [2.24, 2.45) is 0 Å². The van der Waals surface area contributed by atoms with E-state index in [2.05, 4.69) is 0 Å². The third-order valence-corrected chi connectivity index (χ3v) is 2.53. The molecule has 0 amide bonds. The molecule has 11 heavy (non-hydrogen) atoms. The number of hydrogen-bond acceptors (Lipinski definition) is 3. The second-order valence-corrected chi connectivity index (χ2v) is 3.31. The molecule has 0 unspecified atom stereocenters. The van der Waals surface area contributed by atoms with Crippen LogP contribution >= 0.6 is 0 Å². The van der Waals surface area contributed by atoms with Crippen LogP contribution in [0.25, 0.3) is 0 Å². The van der Waals surface area contributed by atoms with Gasteiger partial charge in [0, 0.05) is 6.42 Å². The van der Waals surface area contributed by atoms with Gasteiger partial charge in [-0.05, 0) is 19.3 Å². The van der Waals surface area contributed by atoms with E-state index in [4.69, 9.17) is 4.74 Å². The largest absolute Gasteiger partial charge is 0.390 e. The number of aliphatic hydroxyl groups is 1. The van der Waals surface area contributed by atoms with E-state index >= 15 is 0 Å². The van der Waals surface area contributed by atoms with Crippen molar-refractivity contribution >= 4 is 5.78 Å². The summed E-state index contributed by atoms with van der Waals surface area (Å²) < 4.78 is 5.35. The first-order valence-electron chi connectivity index (χ1n) is 4.13. The Hall–Kier alpha value is -0.410. The van der Waals surface area contributed by atoms with Gasteiger partial charge in [0.1, 0.15) is 6.10 Å². The second kappa shape index (κ2) is 2.57. The predicted molar refractivity (Wildman–Crippen MR) is 38.1 cm³/mol. The zero-order valence-corrected chi connectivity index (χ0v) is 6.32. The van der Waals surface area contributed by atoms with E-state index in [1.54, 1.807) is 0 Å². The molecule has 0 aromatic rings. The lowest BCUT2D eigenvalue weighted by atomic mass is 9.98. The first-order valence-corrected chi connectivity index (χ1v) is 4.13. The quantitative estimate of drug-likeness (QED) is 0.547. The van der Waals surface area contributed by atoms with Crippen LogP contribution in [0.15, 0.2) is 0 Å². The molecule has 2 rings (SSSR count). The Balaban J connectivity index is 2.13. The first-order chi connectivity index (χ1) is 5.27. The third kappa shape index (κ3) is 1.19. The van der Waals surface area contributed by atoms with Gasteiger partial charge in [0.15, 0.2) is 5.78 Å². The summed E-state index contributed by atoms with van der Waals surface area (Å²) in [6, 6.07) is 0. The molecule has 2 aliphatic heterocycles. The van der Waals surface area contributed by atoms with Crippen LogP contribution < -0.4 is 0 Å². The van der Waals surface area contributed by atoms with Crippen molar-refractivity contribution in [2.45, 2.75) is 44.0 Å². The standard InChI is InChI=1S/C8H12O3/c9-5-1-2-6(10)8-4-3-7(5)11-8/h5,7-9H,1-4H2/t5-,7-,8+/m1/s1. The summed E-state index contributed by atoms with van der Waals surface area (Å²) in [5.74, 6) is 0.170. The average Bonchev–Trinajstić information content (AvgIpc) is 2.42. The van der Waals surface area contributed by atoms with Gasteiger partial charge in [-0.3, -0.25) is 4.79 Å². The van der Waals surface area contributed by atoms with Crippen molar-refractivity contribution in [3.05, 3.63) is 0 Å². The fraction of sp³-hybridized carbons (Fsp3) is 0.875. The van der Waals surface area contributed by atoms with Gasteiger partial charge < -0.3 is 9.84 Å². The smallest absolute Gasteiger partial charge is 0.161 e. The topological polar surface area (TPSA) is 46.5 Å². The van der Waals surface area contributed by atoms with Crippen molar-refractivity contribution in [3.8, 4) is 0 Å². The van der Waals surface area contributed by atoms with Gasteiger partial charge in [0.2, 0.25) is 0 Å². The summed E-state index contributed by atoms with van der Waals surface area (Å²) in [4.78, 5) is 11.2. The Morgan fingerprint density at radius 1 is 1.36 bits per heavy atom. The van der Waals surface area contributed by atoms with Gasteiger partial charge in [-0.15, -0.1) is 0 Å². The molecule has 62 valence electrons. The maximum Gasteiger partial charge on any atom is 0.161 e. The molecule has 0 aromatic heterocycles. The maximum atomic E-state index is 11.2. The SMILES string of the molecule is O=C1CC[C@@H](O)[C@H]2CC[C@@H]1O2. The highest BCUT2D eigenvalue weighted by Gasteiger charge is 2.37. The summed E-state index contributed by atoms with van der Waals surface area (Å²) in [6.07, 6.45) is 2.05. The van der Waals surface area contributed by atoms with Crippen LogP contribution in [0.5, 0.6) is 0 Å². The Morgan fingerprint density at radius 2 is 2.18 bits per heavy atom. The molecule has 3 atom stereocenters. The molecule has 0 saturated carbocycles. The van der Waals surface area contributed by atoms with Crippen LogP contribution in [0.4, 0.5) is 0 Å². The van der Waals surface area contributed by atoms with Gasteiger partial charge in [-0.1, -0.05) is 0 Å². The van der Waals surface area contributed by atoms with E-state index in [0.717, 1.165) is 12.8 Å². The van der Waals surface area contributed by atoms with Gasteiger partial charge in [-0.25, -0.2) is 0 Å². The highest BCUT2D eigenvalue weighted by atomic mass is 16.5. The van der Waals surface area contributed by atoms with Crippen LogP contribution in [0.2, 0.25) is 0 Å². The minimum Gasteiger partial charge on any atom is -0.390 e. The predicted octanol–water partition coefficient (Wildman–Crippen LogP) is 0.258. The lowest BCUT2D eigenvalue weighted by Gasteiger charge is -2.13. The van der Waals surface area contributed by atoms with Crippen LogP contribution in [0, 0.1) is 0 Å². The molecule has 3 heteroatoms.